The number of hydrogen-bond donors (Lipinski definition) is 1. The molecule has 1 aromatic carbocycles. The number of nitrogens with zero attached hydrogens (tertiary/aromatic N) is 1. The molecular weight excluding hydrogens is 222 g/mol. The molecule has 2 nitrogen and oxygen atoms in total. The molecule has 1 N–H and O–H groups in total. The van der Waals surface area contributed by atoms with Crippen LogP contribution in [0.3, 0.4) is 0 Å². The van der Waals surface area contributed by atoms with Gasteiger partial charge < -0.3 is 5.11 Å². The predicted octanol–water partition coefficient (Wildman–Crippen LogP) is 3.50. The van der Waals surface area contributed by atoms with Gasteiger partial charge in [-0.05, 0) is 55.3 Å². The van der Waals surface area contributed by atoms with Crippen molar-refractivity contribution in [3.8, 4) is 5.75 Å². The highest BCUT2D eigenvalue weighted by molar-refractivity contribution is 5.44. The van der Waals surface area contributed by atoms with Gasteiger partial charge in [0.15, 0.2) is 0 Å². The van der Waals surface area contributed by atoms with Crippen LogP contribution in [0.4, 0.5) is 0 Å². The molecule has 1 saturated heterocycles. The molecule has 0 amide bonds. The van der Waals surface area contributed by atoms with Crippen molar-refractivity contribution in [1.82, 2.24) is 4.90 Å². The van der Waals surface area contributed by atoms with Crippen LogP contribution >= 0.6 is 0 Å². The highest BCUT2D eigenvalue weighted by atomic mass is 16.3. The second kappa shape index (κ2) is 4.93. The minimum absolute atomic E-state index is 0.499. The summed E-state index contributed by atoms with van der Waals surface area (Å²) in [4.78, 5) is 2.64. The zero-order chi connectivity index (χ0) is 12.5. The lowest BCUT2D eigenvalue weighted by Gasteiger charge is -2.25. The Morgan fingerprint density at radius 3 is 3.06 bits per heavy atom. The van der Waals surface area contributed by atoms with Gasteiger partial charge in [-0.2, -0.15) is 0 Å². The molecule has 3 rings (SSSR count). The molecule has 0 radical (unpaired) electrons. The lowest BCUT2D eigenvalue weighted by molar-refractivity contribution is 0.234. The fourth-order valence-electron chi connectivity index (χ4n) is 3.78. The van der Waals surface area contributed by atoms with Crippen LogP contribution in [0.5, 0.6) is 5.75 Å². The smallest absolute Gasteiger partial charge is 0.119 e. The molecule has 0 aromatic heterocycles. The van der Waals surface area contributed by atoms with E-state index in [0.29, 0.717) is 11.8 Å². The van der Waals surface area contributed by atoms with Crippen LogP contribution in [-0.4, -0.2) is 23.1 Å². The van der Waals surface area contributed by atoms with E-state index in [2.05, 4.69) is 17.9 Å². The van der Waals surface area contributed by atoms with E-state index in [1.807, 2.05) is 12.1 Å². The standard InChI is InChI=1S/C16H23NO/c1-2-4-12-9-10-17(11-12)15-8-7-14-13(15)5-3-6-16(14)18/h3,5-6,12,15,18H,2,4,7-11H2,1H3. The van der Waals surface area contributed by atoms with Crippen LogP contribution in [0.1, 0.15) is 49.8 Å². The van der Waals surface area contributed by atoms with Crippen molar-refractivity contribution < 1.29 is 5.11 Å². The van der Waals surface area contributed by atoms with Gasteiger partial charge in [0.1, 0.15) is 5.75 Å². The van der Waals surface area contributed by atoms with E-state index >= 15 is 0 Å². The average Bonchev–Trinajstić information content (AvgIpc) is 2.96. The molecule has 1 aliphatic heterocycles. The summed E-state index contributed by atoms with van der Waals surface area (Å²) >= 11 is 0. The molecule has 2 atom stereocenters. The summed E-state index contributed by atoms with van der Waals surface area (Å²) in [7, 11) is 0. The van der Waals surface area contributed by atoms with Crippen LogP contribution in [0.25, 0.3) is 0 Å². The van der Waals surface area contributed by atoms with Gasteiger partial charge >= 0.3 is 0 Å². The zero-order valence-corrected chi connectivity index (χ0v) is 11.2. The minimum Gasteiger partial charge on any atom is -0.508 e. The molecule has 98 valence electrons. The number of benzene rings is 1. The number of phenolic OH excluding ortho intramolecular Hbond substituents is 1. The van der Waals surface area contributed by atoms with E-state index in [0.717, 1.165) is 12.3 Å². The first-order valence-corrected chi connectivity index (χ1v) is 7.34. The molecular formula is C16H23NO. The van der Waals surface area contributed by atoms with Crippen molar-refractivity contribution >= 4 is 0 Å². The topological polar surface area (TPSA) is 23.5 Å². The van der Waals surface area contributed by atoms with Crippen molar-refractivity contribution in [2.45, 2.75) is 45.1 Å². The second-order valence-corrected chi connectivity index (χ2v) is 5.84. The lowest BCUT2D eigenvalue weighted by atomic mass is 10.0. The molecule has 2 unspecified atom stereocenters. The van der Waals surface area contributed by atoms with Gasteiger partial charge in [-0.1, -0.05) is 25.5 Å². The Morgan fingerprint density at radius 1 is 1.33 bits per heavy atom. The predicted molar refractivity (Wildman–Crippen MR) is 73.8 cm³/mol. The lowest BCUT2D eigenvalue weighted by Crippen LogP contribution is -2.25. The number of hydrogen-bond acceptors (Lipinski definition) is 2. The molecule has 1 heterocycles. The van der Waals surface area contributed by atoms with E-state index in [-0.39, 0.29) is 0 Å². The molecule has 0 bridgehead atoms. The van der Waals surface area contributed by atoms with Gasteiger partial charge in [0, 0.05) is 12.6 Å². The van der Waals surface area contributed by atoms with Gasteiger partial charge in [0.25, 0.3) is 0 Å². The number of fused-ring (bicyclic) bond motifs is 1. The third-order valence-corrected chi connectivity index (χ3v) is 4.67. The first kappa shape index (κ1) is 12.0. The van der Waals surface area contributed by atoms with Crippen molar-refractivity contribution in [1.29, 1.82) is 0 Å². The molecule has 0 spiro atoms. The summed E-state index contributed by atoms with van der Waals surface area (Å²) in [5.41, 5.74) is 2.58. The first-order chi connectivity index (χ1) is 8.79. The van der Waals surface area contributed by atoms with Crippen LogP contribution in [0.2, 0.25) is 0 Å². The fraction of sp³-hybridized carbons (Fsp3) is 0.625. The van der Waals surface area contributed by atoms with Crippen molar-refractivity contribution in [2.24, 2.45) is 5.92 Å². The van der Waals surface area contributed by atoms with E-state index in [9.17, 15) is 5.11 Å². The summed E-state index contributed by atoms with van der Waals surface area (Å²) in [5.74, 6) is 1.40. The largest absolute Gasteiger partial charge is 0.508 e. The summed E-state index contributed by atoms with van der Waals surface area (Å²) in [6.07, 6.45) is 6.27. The Labute approximate surface area is 110 Å². The average molecular weight is 245 g/mol. The molecule has 0 saturated carbocycles. The Bertz CT molecular complexity index is 429. The van der Waals surface area contributed by atoms with E-state index in [4.69, 9.17) is 0 Å². The SMILES string of the molecule is CCCC1CCN(C2CCc3c(O)cccc32)C1. The van der Waals surface area contributed by atoms with Gasteiger partial charge in [-0.3, -0.25) is 4.90 Å². The van der Waals surface area contributed by atoms with E-state index in [1.165, 1.54) is 49.9 Å². The van der Waals surface area contributed by atoms with Crippen LogP contribution in [-0.2, 0) is 6.42 Å². The molecule has 1 aliphatic carbocycles. The Balaban J connectivity index is 1.75. The summed E-state index contributed by atoms with van der Waals surface area (Å²) in [5, 5.41) is 9.91. The van der Waals surface area contributed by atoms with Gasteiger partial charge in [0.05, 0.1) is 0 Å². The highest BCUT2D eigenvalue weighted by Crippen LogP contribution is 2.41. The summed E-state index contributed by atoms with van der Waals surface area (Å²) in [6, 6.07) is 6.59. The van der Waals surface area contributed by atoms with Crippen molar-refractivity contribution in [3.05, 3.63) is 29.3 Å². The maximum absolute atomic E-state index is 9.91. The van der Waals surface area contributed by atoms with Gasteiger partial charge in [-0.15, -0.1) is 0 Å². The van der Waals surface area contributed by atoms with Gasteiger partial charge in [0.2, 0.25) is 0 Å². The maximum atomic E-state index is 9.91. The quantitative estimate of drug-likeness (QED) is 0.881. The third kappa shape index (κ3) is 2.03. The second-order valence-electron chi connectivity index (χ2n) is 5.84. The Kier molecular flexibility index (Phi) is 3.29. The molecule has 2 aliphatic rings. The molecule has 1 aromatic rings. The highest BCUT2D eigenvalue weighted by Gasteiger charge is 2.33. The maximum Gasteiger partial charge on any atom is 0.119 e. The number of rotatable bonds is 3. The molecule has 2 heteroatoms. The van der Waals surface area contributed by atoms with Crippen molar-refractivity contribution in [3.63, 3.8) is 0 Å². The number of aromatic hydroxyl groups is 1. The first-order valence-electron chi connectivity index (χ1n) is 7.34. The molecule has 18 heavy (non-hydrogen) atoms. The zero-order valence-electron chi connectivity index (χ0n) is 11.2. The monoisotopic (exact) mass is 245 g/mol. The summed E-state index contributed by atoms with van der Waals surface area (Å²) < 4.78 is 0. The Hall–Kier alpha value is -1.02. The number of likely N-dealkylation sites (tertiary alicyclic amines) is 1. The molecule has 1 fully saturated rings. The Morgan fingerprint density at radius 2 is 2.22 bits per heavy atom. The number of phenols is 1. The van der Waals surface area contributed by atoms with E-state index < -0.39 is 0 Å². The normalized spacial score (nSPS) is 27.6. The fourth-order valence-corrected chi connectivity index (χ4v) is 3.78. The summed E-state index contributed by atoms with van der Waals surface area (Å²) in [6.45, 7) is 4.78. The van der Waals surface area contributed by atoms with Crippen molar-refractivity contribution in [2.75, 3.05) is 13.1 Å². The van der Waals surface area contributed by atoms with Crippen LogP contribution in [0.15, 0.2) is 18.2 Å². The third-order valence-electron chi connectivity index (χ3n) is 4.67. The van der Waals surface area contributed by atoms with Crippen LogP contribution < -0.4 is 0 Å². The van der Waals surface area contributed by atoms with Gasteiger partial charge in [-0.25, -0.2) is 0 Å². The minimum atomic E-state index is 0.499. The van der Waals surface area contributed by atoms with E-state index in [1.54, 1.807) is 0 Å². The van der Waals surface area contributed by atoms with Crippen LogP contribution in [0, 0.1) is 5.92 Å².